The first kappa shape index (κ1) is 15.5. The van der Waals surface area contributed by atoms with Gasteiger partial charge in [0.1, 0.15) is 0 Å². The Morgan fingerprint density at radius 1 is 1.14 bits per heavy atom. The average molecular weight is 288 g/mol. The molecule has 0 atom stereocenters. The van der Waals surface area contributed by atoms with Crippen LogP contribution in [0.25, 0.3) is 0 Å². The van der Waals surface area contributed by atoms with E-state index in [0.717, 1.165) is 31.5 Å². The van der Waals surface area contributed by atoms with Gasteiger partial charge in [-0.2, -0.15) is 0 Å². The molecule has 1 aromatic carbocycles. The molecule has 4 nitrogen and oxygen atoms in total. The van der Waals surface area contributed by atoms with E-state index in [-0.39, 0.29) is 11.8 Å². The molecule has 1 heterocycles. The number of likely N-dealkylation sites (N-methyl/N-ethyl adjacent to an activating group) is 1. The summed E-state index contributed by atoms with van der Waals surface area (Å²) in [6.07, 6.45) is 3.06. The fraction of sp³-hybridized carbons (Fsp3) is 0.529. The maximum Gasteiger partial charge on any atom is 0.226 e. The zero-order valence-electron chi connectivity index (χ0n) is 12.8. The van der Waals surface area contributed by atoms with Crippen molar-refractivity contribution >= 4 is 11.8 Å². The van der Waals surface area contributed by atoms with Crippen molar-refractivity contribution in [3.8, 4) is 0 Å². The van der Waals surface area contributed by atoms with Crippen molar-refractivity contribution < 1.29 is 9.59 Å². The molecule has 114 valence electrons. The average Bonchev–Trinajstić information content (AvgIpc) is 3.03. The number of hydrogen-bond donors (Lipinski definition) is 0. The molecule has 0 aromatic heterocycles. The van der Waals surface area contributed by atoms with Gasteiger partial charge in [0.2, 0.25) is 11.8 Å². The van der Waals surface area contributed by atoms with E-state index in [1.54, 1.807) is 4.90 Å². The van der Waals surface area contributed by atoms with E-state index in [0.29, 0.717) is 25.9 Å². The standard InChI is InChI=1S/C17H24N2O2/c1-2-18(13-10-16(20)19-11-6-7-12-19)17(21)14-15-8-4-3-5-9-15/h3-5,8-9H,2,6-7,10-14H2,1H3. The van der Waals surface area contributed by atoms with E-state index in [2.05, 4.69) is 0 Å². The van der Waals surface area contributed by atoms with Crippen LogP contribution in [-0.2, 0) is 16.0 Å². The summed E-state index contributed by atoms with van der Waals surface area (Å²) in [5.74, 6) is 0.274. The lowest BCUT2D eigenvalue weighted by atomic mass is 10.1. The Balaban J connectivity index is 1.81. The van der Waals surface area contributed by atoms with Crippen LogP contribution in [0.2, 0.25) is 0 Å². The predicted octanol–water partition coefficient (Wildman–Crippen LogP) is 2.09. The molecular formula is C17H24N2O2. The molecular weight excluding hydrogens is 264 g/mol. The molecule has 0 aliphatic carbocycles. The third kappa shape index (κ3) is 4.59. The second-order valence-corrected chi connectivity index (χ2v) is 5.47. The van der Waals surface area contributed by atoms with E-state index < -0.39 is 0 Å². The molecule has 0 radical (unpaired) electrons. The van der Waals surface area contributed by atoms with Crippen molar-refractivity contribution in [1.29, 1.82) is 0 Å². The molecule has 0 unspecified atom stereocenters. The Kier molecular flexibility index (Phi) is 5.78. The summed E-state index contributed by atoms with van der Waals surface area (Å²) in [5.41, 5.74) is 1.02. The minimum atomic E-state index is 0.0953. The first-order valence-corrected chi connectivity index (χ1v) is 7.80. The lowest BCUT2D eigenvalue weighted by Gasteiger charge is -2.22. The second kappa shape index (κ2) is 7.81. The minimum absolute atomic E-state index is 0.0953. The van der Waals surface area contributed by atoms with Gasteiger partial charge in [0.15, 0.2) is 0 Å². The Bertz CT molecular complexity index is 467. The minimum Gasteiger partial charge on any atom is -0.343 e. The predicted molar refractivity (Wildman–Crippen MR) is 82.8 cm³/mol. The summed E-state index contributed by atoms with van der Waals surface area (Å²) in [5, 5.41) is 0. The number of carbonyl (C=O) groups excluding carboxylic acids is 2. The lowest BCUT2D eigenvalue weighted by Crippen LogP contribution is -2.36. The SMILES string of the molecule is CCN(CCC(=O)N1CCCC1)C(=O)Cc1ccccc1. The fourth-order valence-corrected chi connectivity index (χ4v) is 2.70. The van der Waals surface area contributed by atoms with Gasteiger partial charge in [-0.15, -0.1) is 0 Å². The maximum absolute atomic E-state index is 12.3. The molecule has 1 aliphatic heterocycles. The first-order chi connectivity index (χ1) is 10.2. The summed E-state index contributed by atoms with van der Waals surface area (Å²) in [4.78, 5) is 28.0. The second-order valence-electron chi connectivity index (χ2n) is 5.47. The van der Waals surface area contributed by atoms with Crippen molar-refractivity contribution in [2.24, 2.45) is 0 Å². The number of benzene rings is 1. The van der Waals surface area contributed by atoms with Gasteiger partial charge in [-0.25, -0.2) is 0 Å². The molecule has 1 saturated heterocycles. The third-order valence-electron chi connectivity index (χ3n) is 3.99. The molecule has 1 aromatic rings. The van der Waals surface area contributed by atoms with Crippen molar-refractivity contribution in [3.05, 3.63) is 35.9 Å². The Labute approximate surface area is 126 Å². The monoisotopic (exact) mass is 288 g/mol. The first-order valence-electron chi connectivity index (χ1n) is 7.80. The number of hydrogen-bond acceptors (Lipinski definition) is 2. The summed E-state index contributed by atoms with van der Waals surface area (Å²) in [6.45, 7) is 4.89. The molecule has 4 heteroatoms. The number of carbonyl (C=O) groups is 2. The molecule has 0 saturated carbocycles. The molecule has 0 bridgehead atoms. The number of nitrogens with zero attached hydrogens (tertiary/aromatic N) is 2. The van der Waals surface area contributed by atoms with Gasteiger partial charge in [0.25, 0.3) is 0 Å². The van der Waals surface area contributed by atoms with Crippen LogP contribution < -0.4 is 0 Å². The Morgan fingerprint density at radius 2 is 1.81 bits per heavy atom. The summed E-state index contributed by atoms with van der Waals surface area (Å²) < 4.78 is 0. The lowest BCUT2D eigenvalue weighted by molar-refractivity contribution is -0.133. The van der Waals surface area contributed by atoms with Gasteiger partial charge in [-0.05, 0) is 25.3 Å². The molecule has 1 aliphatic rings. The van der Waals surface area contributed by atoms with Crippen molar-refractivity contribution in [2.75, 3.05) is 26.2 Å². The molecule has 0 N–H and O–H groups in total. The van der Waals surface area contributed by atoms with Crippen LogP contribution in [0, 0.1) is 0 Å². The van der Waals surface area contributed by atoms with Crippen molar-refractivity contribution in [3.63, 3.8) is 0 Å². The molecule has 2 rings (SSSR count). The van der Waals surface area contributed by atoms with Crippen LogP contribution in [0.3, 0.4) is 0 Å². The van der Waals surface area contributed by atoms with Crippen LogP contribution in [0.5, 0.6) is 0 Å². The normalized spacial score (nSPS) is 14.2. The van der Waals surface area contributed by atoms with Crippen LogP contribution in [0.1, 0.15) is 31.7 Å². The zero-order valence-corrected chi connectivity index (χ0v) is 12.8. The van der Waals surface area contributed by atoms with Crippen molar-refractivity contribution in [2.45, 2.75) is 32.6 Å². The van der Waals surface area contributed by atoms with E-state index >= 15 is 0 Å². The smallest absolute Gasteiger partial charge is 0.226 e. The zero-order chi connectivity index (χ0) is 15.1. The van der Waals surface area contributed by atoms with Crippen LogP contribution in [0.15, 0.2) is 30.3 Å². The number of likely N-dealkylation sites (tertiary alicyclic amines) is 1. The number of rotatable bonds is 6. The van der Waals surface area contributed by atoms with E-state index in [1.165, 1.54) is 0 Å². The Morgan fingerprint density at radius 3 is 2.43 bits per heavy atom. The molecule has 2 amide bonds. The van der Waals surface area contributed by atoms with Gasteiger partial charge in [0.05, 0.1) is 6.42 Å². The number of amides is 2. The highest BCUT2D eigenvalue weighted by atomic mass is 16.2. The Hall–Kier alpha value is -1.84. The highest BCUT2D eigenvalue weighted by molar-refractivity contribution is 5.80. The largest absolute Gasteiger partial charge is 0.343 e. The molecule has 21 heavy (non-hydrogen) atoms. The summed E-state index contributed by atoms with van der Waals surface area (Å²) >= 11 is 0. The van der Waals surface area contributed by atoms with Crippen LogP contribution in [-0.4, -0.2) is 47.8 Å². The molecule has 0 spiro atoms. The maximum atomic E-state index is 12.3. The van der Waals surface area contributed by atoms with Gasteiger partial charge in [0, 0.05) is 32.6 Å². The van der Waals surface area contributed by atoms with E-state index in [4.69, 9.17) is 0 Å². The quantitative estimate of drug-likeness (QED) is 0.804. The molecule has 1 fully saturated rings. The van der Waals surface area contributed by atoms with Crippen LogP contribution >= 0.6 is 0 Å². The van der Waals surface area contributed by atoms with Crippen LogP contribution in [0.4, 0.5) is 0 Å². The summed E-state index contributed by atoms with van der Waals surface area (Å²) in [7, 11) is 0. The van der Waals surface area contributed by atoms with Gasteiger partial charge in [-0.1, -0.05) is 30.3 Å². The fourth-order valence-electron chi connectivity index (χ4n) is 2.70. The van der Waals surface area contributed by atoms with Gasteiger partial charge < -0.3 is 9.80 Å². The third-order valence-corrected chi connectivity index (χ3v) is 3.99. The van der Waals surface area contributed by atoms with E-state index in [9.17, 15) is 9.59 Å². The van der Waals surface area contributed by atoms with E-state index in [1.807, 2.05) is 42.2 Å². The summed E-state index contributed by atoms with van der Waals surface area (Å²) in [6, 6.07) is 9.74. The highest BCUT2D eigenvalue weighted by Gasteiger charge is 2.19. The van der Waals surface area contributed by atoms with Gasteiger partial charge in [-0.3, -0.25) is 9.59 Å². The highest BCUT2D eigenvalue weighted by Crippen LogP contribution is 2.10. The van der Waals surface area contributed by atoms with Crippen molar-refractivity contribution in [1.82, 2.24) is 9.80 Å². The topological polar surface area (TPSA) is 40.6 Å². The van der Waals surface area contributed by atoms with Gasteiger partial charge >= 0.3 is 0 Å².